The van der Waals surface area contributed by atoms with E-state index in [1.54, 1.807) is 0 Å². The van der Waals surface area contributed by atoms with Crippen molar-refractivity contribution in [1.82, 2.24) is 10.2 Å². The smallest absolute Gasteiger partial charge is 0.0691 e. The molecule has 0 aromatic carbocycles. The maximum Gasteiger partial charge on any atom is 0.0691 e. The second-order valence-electron chi connectivity index (χ2n) is 6.10. The van der Waals surface area contributed by atoms with Crippen LogP contribution in [0.15, 0.2) is 0 Å². The van der Waals surface area contributed by atoms with E-state index in [0.717, 1.165) is 25.7 Å². The van der Waals surface area contributed by atoms with E-state index in [-0.39, 0.29) is 11.6 Å². The van der Waals surface area contributed by atoms with E-state index >= 15 is 0 Å². The number of hydrogen-bond acceptors (Lipinski definition) is 3. The van der Waals surface area contributed by atoms with E-state index in [0.29, 0.717) is 18.6 Å². The summed E-state index contributed by atoms with van der Waals surface area (Å²) >= 11 is 0. The van der Waals surface area contributed by atoms with Gasteiger partial charge >= 0.3 is 0 Å². The molecule has 2 aliphatic rings. The van der Waals surface area contributed by atoms with Gasteiger partial charge in [-0.05, 0) is 39.2 Å². The van der Waals surface area contributed by atoms with Gasteiger partial charge in [0.2, 0.25) is 0 Å². The predicted molar refractivity (Wildman–Crippen MR) is 76.3 cm³/mol. The molecule has 2 aliphatic heterocycles. The van der Waals surface area contributed by atoms with Crippen molar-refractivity contribution in [3.05, 3.63) is 0 Å². The number of fused-ring (bicyclic) bond motifs is 2. The molecule has 3 nitrogen and oxygen atoms in total. The van der Waals surface area contributed by atoms with Gasteiger partial charge in [0.15, 0.2) is 0 Å². The highest BCUT2D eigenvalue weighted by Gasteiger charge is 2.46. The molecule has 2 fully saturated rings. The summed E-state index contributed by atoms with van der Waals surface area (Å²) in [5.74, 6) is 2.89. The first-order valence-corrected chi connectivity index (χ1v) is 7.30. The zero-order chi connectivity index (χ0) is 13.2. The van der Waals surface area contributed by atoms with E-state index < -0.39 is 0 Å². The topological polar surface area (TPSA) is 41.3 Å². The highest BCUT2D eigenvalue weighted by atomic mass is 15.2. The lowest BCUT2D eigenvalue weighted by molar-refractivity contribution is 0.0899. The largest absolute Gasteiger partial charge is 0.329 e. The van der Waals surface area contributed by atoms with Crippen molar-refractivity contribution < 1.29 is 0 Å². The van der Waals surface area contributed by atoms with Crippen LogP contribution in [0.2, 0.25) is 0 Å². The van der Waals surface area contributed by atoms with Crippen molar-refractivity contribution in [3.8, 4) is 12.3 Å². The van der Waals surface area contributed by atoms with Crippen molar-refractivity contribution >= 4 is 0 Å². The standard InChI is InChI=1S/C15H27N3/c1-4-6-12(5-2)17-15(11-16)9-13-7-8-14(10-15)18(13)3/h2,12-14,17H,4,6-11,16H2,1,3H3. The van der Waals surface area contributed by atoms with Crippen molar-refractivity contribution in [2.45, 2.75) is 69.1 Å². The molecule has 3 N–H and O–H groups in total. The molecule has 18 heavy (non-hydrogen) atoms. The predicted octanol–water partition coefficient (Wildman–Crippen LogP) is 1.33. The van der Waals surface area contributed by atoms with Crippen molar-refractivity contribution in [2.75, 3.05) is 13.6 Å². The molecular formula is C15H27N3. The highest BCUT2D eigenvalue weighted by molar-refractivity contribution is 5.10. The van der Waals surface area contributed by atoms with Gasteiger partial charge < -0.3 is 10.6 Å². The Hall–Kier alpha value is -0.560. The molecular weight excluding hydrogens is 222 g/mol. The van der Waals surface area contributed by atoms with E-state index in [9.17, 15) is 0 Å². The molecule has 2 saturated heterocycles. The number of hydrogen-bond donors (Lipinski definition) is 2. The lowest BCUT2D eigenvalue weighted by atomic mass is 9.82. The molecule has 3 heteroatoms. The van der Waals surface area contributed by atoms with Gasteiger partial charge in [-0.1, -0.05) is 19.3 Å². The van der Waals surface area contributed by atoms with Crippen LogP contribution in [0.3, 0.4) is 0 Å². The second kappa shape index (κ2) is 5.61. The SMILES string of the molecule is C#CC(CCC)NC1(CN)CC2CCC(C1)N2C. The third-order valence-electron chi connectivity index (χ3n) is 4.89. The fraction of sp³-hybridized carbons (Fsp3) is 0.867. The van der Waals surface area contributed by atoms with E-state index in [1.165, 1.54) is 12.8 Å². The molecule has 0 saturated carbocycles. The van der Waals surface area contributed by atoms with Crippen molar-refractivity contribution in [3.63, 3.8) is 0 Å². The van der Waals surface area contributed by atoms with Gasteiger partial charge in [0, 0.05) is 24.2 Å². The van der Waals surface area contributed by atoms with Crippen LogP contribution < -0.4 is 11.1 Å². The first-order valence-electron chi connectivity index (χ1n) is 7.30. The molecule has 0 radical (unpaired) electrons. The van der Waals surface area contributed by atoms with E-state index in [1.807, 2.05) is 0 Å². The zero-order valence-electron chi connectivity index (χ0n) is 11.8. The van der Waals surface area contributed by atoms with Crippen LogP contribution in [-0.4, -0.2) is 42.2 Å². The Morgan fingerprint density at radius 3 is 2.50 bits per heavy atom. The first-order chi connectivity index (χ1) is 8.64. The van der Waals surface area contributed by atoms with Crippen LogP contribution in [0.25, 0.3) is 0 Å². The van der Waals surface area contributed by atoms with Gasteiger partial charge in [-0.15, -0.1) is 6.42 Å². The molecule has 0 amide bonds. The second-order valence-corrected chi connectivity index (χ2v) is 6.10. The summed E-state index contributed by atoms with van der Waals surface area (Å²) < 4.78 is 0. The molecule has 0 spiro atoms. The number of terminal acetylenes is 1. The normalized spacial score (nSPS) is 37.4. The van der Waals surface area contributed by atoms with Crippen molar-refractivity contribution in [1.29, 1.82) is 0 Å². The minimum Gasteiger partial charge on any atom is -0.329 e. The molecule has 102 valence electrons. The average molecular weight is 249 g/mol. The summed E-state index contributed by atoms with van der Waals surface area (Å²) in [6.45, 7) is 2.88. The van der Waals surface area contributed by atoms with Gasteiger partial charge in [0.1, 0.15) is 0 Å². The quantitative estimate of drug-likeness (QED) is 0.722. The summed E-state index contributed by atoms with van der Waals surface area (Å²) in [6, 6.07) is 1.57. The number of nitrogens with two attached hydrogens (primary N) is 1. The van der Waals surface area contributed by atoms with Gasteiger partial charge in [-0.25, -0.2) is 0 Å². The molecule has 0 aromatic heterocycles. The van der Waals surface area contributed by atoms with Gasteiger partial charge in [-0.2, -0.15) is 0 Å². The van der Waals surface area contributed by atoms with Crippen LogP contribution >= 0.6 is 0 Å². The maximum atomic E-state index is 6.09. The van der Waals surface area contributed by atoms with Crippen molar-refractivity contribution in [2.24, 2.45) is 5.73 Å². The number of rotatable bonds is 5. The maximum absolute atomic E-state index is 6.09. The molecule has 2 rings (SSSR count). The minimum atomic E-state index is 0.0740. The summed E-state index contributed by atoms with van der Waals surface area (Å²) in [6.07, 6.45) is 12.7. The lowest BCUT2D eigenvalue weighted by Gasteiger charge is -2.46. The van der Waals surface area contributed by atoms with Crippen LogP contribution in [0, 0.1) is 12.3 Å². The van der Waals surface area contributed by atoms with Crippen LogP contribution in [0.4, 0.5) is 0 Å². The van der Waals surface area contributed by atoms with Gasteiger partial charge in [0.25, 0.3) is 0 Å². The van der Waals surface area contributed by atoms with Crippen LogP contribution in [0.5, 0.6) is 0 Å². The first kappa shape index (κ1) is 13.9. The summed E-state index contributed by atoms with van der Waals surface area (Å²) in [5.41, 5.74) is 6.16. The van der Waals surface area contributed by atoms with Crippen LogP contribution in [-0.2, 0) is 0 Å². The molecule has 3 unspecified atom stereocenters. The Labute approximate surface area is 111 Å². The number of nitrogens with zero attached hydrogens (tertiary/aromatic N) is 1. The summed E-state index contributed by atoms with van der Waals surface area (Å²) in [5, 5.41) is 3.70. The highest BCUT2D eigenvalue weighted by Crippen LogP contribution is 2.39. The van der Waals surface area contributed by atoms with Gasteiger partial charge in [-0.3, -0.25) is 5.32 Å². The molecule has 0 aliphatic carbocycles. The fourth-order valence-electron chi connectivity index (χ4n) is 3.77. The average Bonchev–Trinajstić information content (AvgIpc) is 2.62. The third-order valence-corrected chi connectivity index (χ3v) is 4.89. The Kier molecular flexibility index (Phi) is 4.32. The third kappa shape index (κ3) is 2.56. The molecule has 2 bridgehead atoms. The van der Waals surface area contributed by atoms with E-state index in [2.05, 4.69) is 30.1 Å². The fourth-order valence-corrected chi connectivity index (χ4v) is 3.77. The Bertz CT molecular complexity index is 306. The molecule has 0 aromatic rings. The number of nitrogens with one attached hydrogen (secondary N) is 1. The summed E-state index contributed by atoms with van der Waals surface area (Å²) in [4.78, 5) is 2.54. The lowest BCUT2D eigenvalue weighted by Crippen LogP contribution is -2.62. The number of piperidine rings is 1. The monoisotopic (exact) mass is 249 g/mol. The van der Waals surface area contributed by atoms with E-state index in [4.69, 9.17) is 12.2 Å². The Balaban J connectivity index is 2.06. The van der Waals surface area contributed by atoms with Gasteiger partial charge in [0.05, 0.1) is 6.04 Å². The minimum absolute atomic E-state index is 0.0740. The Morgan fingerprint density at radius 1 is 1.44 bits per heavy atom. The summed E-state index contributed by atoms with van der Waals surface area (Å²) in [7, 11) is 2.26. The molecule has 3 atom stereocenters. The molecule has 2 heterocycles. The van der Waals surface area contributed by atoms with Crippen LogP contribution in [0.1, 0.15) is 45.4 Å². The zero-order valence-corrected chi connectivity index (χ0v) is 11.8. The Morgan fingerprint density at radius 2 is 2.06 bits per heavy atom.